The van der Waals surface area contributed by atoms with Gasteiger partial charge in [0.1, 0.15) is 23.5 Å². The van der Waals surface area contributed by atoms with Gasteiger partial charge in [0.2, 0.25) is 5.95 Å². The van der Waals surface area contributed by atoms with Crippen LogP contribution in [0, 0.1) is 0 Å². The van der Waals surface area contributed by atoms with Crippen LogP contribution in [-0.4, -0.2) is 97.2 Å². The van der Waals surface area contributed by atoms with E-state index >= 15 is 0 Å². The van der Waals surface area contributed by atoms with Crippen LogP contribution in [-0.2, 0) is 15.7 Å². The number of nitrogens with zero attached hydrogens (tertiary/aromatic N) is 5. The lowest BCUT2D eigenvalue weighted by atomic mass is 10.0. The van der Waals surface area contributed by atoms with Crippen LogP contribution in [0.15, 0.2) is 42.6 Å². The van der Waals surface area contributed by atoms with Gasteiger partial charge in [-0.15, -0.1) is 0 Å². The average molecular weight is 698 g/mol. The highest BCUT2D eigenvalue weighted by molar-refractivity contribution is 7.70. The number of carbonyl (C=O) groups excluding carboxylic acids is 1. The van der Waals surface area contributed by atoms with Gasteiger partial charge in [0, 0.05) is 62.4 Å². The number of anilines is 5. The lowest BCUT2D eigenvalue weighted by Gasteiger charge is -2.43. The SMILES string of the molecule is CCc1cc(N2CCC(N3CCN(C(=O)OC(C)(C)C)CC3)CC2)cc(OC)c1Nc1ncc(Cl)c(Nc2ccccc2P(C)(C)=O)n1. The molecule has 3 heterocycles. The van der Waals surface area contributed by atoms with Crippen molar-refractivity contribution in [3.63, 3.8) is 0 Å². The molecule has 5 rings (SSSR count). The Morgan fingerprint density at radius 3 is 2.35 bits per heavy atom. The summed E-state index contributed by atoms with van der Waals surface area (Å²) in [7, 11) is -0.866. The number of piperazine rings is 1. The van der Waals surface area contributed by atoms with Crippen LogP contribution in [0.3, 0.4) is 0 Å². The number of nitrogens with one attached hydrogen (secondary N) is 2. The third-order valence-electron chi connectivity index (χ3n) is 8.80. The van der Waals surface area contributed by atoms with E-state index in [2.05, 4.69) is 49.5 Å². The molecule has 260 valence electrons. The van der Waals surface area contributed by atoms with Gasteiger partial charge in [0.15, 0.2) is 5.82 Å². The fourth-order valence-electron chi connectivity index (χ4n) is 6.31. The third-order valence-corrected chi connectivity index (χ3v) is 10.6. The number of carbonyl (C=O) groups is 1. The van der Waals surface area contributed by atoms with E-state index in [-0.39, 0.29) is 6.09 Å². The molecule has 0 aliphatic carbocycles. The van der Waals surface area contributed by atoms with E-state index in [0.717, 1.165) is 67.7 Å². The van der Waals surface area contributed by atoms with Gasteiger partial charge in [-0.2, -0.15) is 4.98 Å². The Morgan fingerprint density at radius 1 is 1.04 bits per heavy atom. The summed E-state index contributed by atoms with van der Waals surface area (Å²) in [5.74, 6) is 1.49. The standard InChI is InChI=1S/C35H49ClN7O4P/c1-8-24-21-26(41-15-13-25(14-16-41)42-17-19-43(20-18-42)34(44)47-35(2,3)4)22-29(46-5)31(24)39-33-37-23-27(36)32(40-33)38-28-11-9-10-12-30(28)48(6,7)45/h9-12,21-23,25H,8,13-20H2,1-7H3,(H2,37,38,39,40). The molecule has 2 aliphatic heterocycles. The first-order valence-electron chi connectivity index (χ1n) is 16.6. The van der Waals surface area contributed by atoms with E-state index in [1.165, 1.54) is 0 Å². The number of aryl methyl sites for hydroxylation is 1. The van der Waals surface area contributed by atoms with E-state index in [4.69, 9.17) is 21.1 Å². The predicted molar refractivity (Wildman–Crippen MR) is 196 cm³/mol. The Morgan fingerprint density at radius 2 is 1.73 bits per heavy atom. The lowest BCUT2D eigenvalue weighted by molar-refractivity contribution is 0.00901. The quantitative estimate of drug-likeness (QED) is 0.228. The Hall–Kier alpha value is -3.53. The maximum Gasteiger partial charge on any atom is 0.410 e. The number of para-hydroxylation sites is 1. The molecule has 1 aromatic heterocycles. The molecule has 0 spiro atoms. The number of amides is 1. The van der Waals surface area contributed by atoms with Crippen LogP contribution in [0.25, 0.3) is 0 Å². The van der Waals surface area contributed by atoms with Crippen molar-refractivity contribution in [2.45, 2.75) is 58.6 Å². The Bertz CT molecular complexity index is 1620. The molecule has 1 amide bonds. The molecule has 0 atom stereocenters. The maximum absolute atomic E-state index is 12.9. The van der Waals surface area contributed by atoms with Crippen LogP contribution in [0.1, 0.15) is 46.1 Å². The van der Waals surface area contributed by atoms with E-state index in [9.17, 15) is 9.36 Å². The van der Waals surface area contributed by atoms with Crippen LogP contribution in [0.2, 0.25) is 5.02 Å². The van der Waals surface area contributed by atoms with Crippen molar-refractivity contribution < 1.29 is 18.8 Å². The predicted octanol–water partition coefficient (Wildman–Crippen LogP) is 6.96. The van der Waals surface area contributed by atoms with Crippen LogP contribution in [0.5, 0.6) is 5.75 Å². The Labute approximate surface area is 289 Å². The number of benzene rings is 2. The highest BCUT2D eigenvalue weighted by atomic mass is 35.5. The molecule has 2 aliphatic rings. The van der Waals surface area contributed by atoms with E-state index < -0.39 is 12.7 Å². The first-order chi connectivity index (χ1) is 22.8. The fourth-order valence-corrected chi connectivity index (χ4v) is 7.60. The second kappa shape index (κ2) is 14.9. The maximum atomic E-state index is 12.9. The van der Waals surface area contributed by atoms with Gasteiger partial charge in [-0.3, -0.25) is 4.90 Å². The van der Waals surface area contributed by atoms with Crippen molar-refractivity contribution in [3.05, 3.63) is 53.2 Å². The molecular formula is C35H49ClN7O4P. The molecule has 2 N–H and O–H groups in total. The van der Waals surface area contributed by atoms with Gasteiger partial charge >= 0.3 is 6.09 Å². The van der Waals surface area contributed by atoms with Crippen molar-refractivity contribution >= 4 is 59.0 Å². The molecule has 11 nitrogen and oxygen atoms in total. The van der Waals surface area contributed by atoms with Crippen LogP contribution < -0.4 is 25.6 Å². The fraction of sp³-hybridized carbons (Fsp3) is 0.514. The molecule has 0 unspecified atom stereocenters. The van der Waals surface area contributed by atoms with Crippen molar-refractivity contribution in [3.8, 4) is 5.75 Å². The van der Waals surface area contributed by atoms with Gasteiger partial charge in [-0.05, 0) is 77.1 Å². The number of hydrogen-bond donors (Lipinski definition) is 2. The van der Waals surface area contributed by atoms with Gasteiger partial charge in [0.05, 0.1) is 24.7 Å². The Kier molecular flexibility index (Phi) is 11.1. The minimum absolute atomic E-state index is 0.220. The monoisotopic (exact) mass is 697 g/mol. The molecule has 13 heteroatoms. The zero-order chi connectivity index (χ0) is 34.6. The van der Waals surface area contributed by atoms with E-state index in [1.54, 1.807) is 26.6 Å². The minimum atomic E-state index is -2.54. The van der Waals surface area contributed by atoms with E-state index in [0.29, 0.717) is 47.4 Å². The summed E-state index contributed by atoms with van der Waals surface area (Å²) in [6.07, 6.45) is 4.22. The van der Waals surface area contributed by atoms with Gasteiger partial charge < -0.3 is 34.5 Å². The van der Waals surface area contributed by atoms with E-state index in [1.807, 2.05) is 49.9 Å². The molecule has 0 radical (unpaired) electrons. The highest BCUT2D eigenvalue weighted by Gasteiger charge is 2.31. The topological polar surface area (TPSA) is 112 Å². The van der Waals surface area contributed by atoms with Crippen molar-refractivity contribution in [1.29, 1.82) is 0 Å². The largest absolute Gasteiger partial charge is 0.494 e. The Balaban J connectivity index is 1.25. The molecule has 2 saturated heterocycles. The summed E-state index contributed by atoms with van der Waals surface area (Å²) in [5, 5.41) is 7.73. The van der Waals surface area contributed by atoms with Crippen molar-refractivity contribution in [2.24, 2.45) is 0 Å². The number of rotatable bonds is 9. The second-order valence-corrected chi connectivity index (χ2v) is 17.4. The smallest absolute Gasteiger partial charge is 0.410 e. The number of methoxy groups -OCH3 is 1. The first-order valence-corrected chi connectivity index (χ1v) is 19.6. The second-order valence-electron chi connectivity index (χ2n) is 13.8. The number of hydrogen-bond acceptors (Lipinski definition) is 10. The normalized spacial score (nSPS) is 16.5. The lowest BCUT2D eigenvalue weighted by Crippen LogP contribution is -2.55. The summed E-state index contributed by atoms with van der Waals surface area (Å²) < 4.78 is 24.4. The van der Waals surface area contributed by atoms with Gasteiger partial charge in [-0.25, -0.2) is 9.78 Å². The number of halogens is 1. The zero-order valence-corrected chi connectivity index (χ0v) is 30.8. The van der Waals surface area contributed by atoms with Crippen LogP contribution >= 0.6 is 18.7 Å². The molecule has 2 aromatic carbocycles. The molecule has 3 aromatic rings. The number of ether oxygens (including phenoxy) is 2. The molecule has 48 heavy (non-hydrogen) atoms. The summed E-state index contributed by atoms with van der Waals surface area (Å²) in [5.41, 5.74) is 3.23. The summed E-state index contributed by atoms with van der Waals surface area (Å²) in [6, 6.07) is 12.3. The number of piperidine rings is 1. The summed E-state index contributed by atoms with van der Waals surface area (Å²) in [4.78, 5) is 28.4. The molecule has 2 fully saturated rings. The van der Waals surface area contributed by atoms with Gasteiger partial charge in [-0.1, -0.05) is 30.7 Å². The van der Waals surface area contributed by atoms with Crippen molar-refractivity contribution in [1.82, 2.24) is 19.8 Å². The first kappa shape index (κ1) is 35.8. The zero-order valence-electron chi connectivity index (χ0n) is 29.2. The molecular weight excluding hydrogens is 649 g/mol. The minimum Gasteiger partial charge on any atom is -0.494 e. The van der Waals surface area contributed by atoms with Crippen LogP contribution in [0.4, 0.5) is 33.6 Å². The van der Waals surface area contributed by atoms with Crippen molar-refractivity contribution in [2.75, 3.05) is 75.2 Å². The summed E-state index contributed by atoms with van der Waals surface area (Å²) in [6.45, 7) is 16.3. The highest BCUT2D eigenvalue weighted by Crippen LogP contribution is 2.40. The van der Waals surface area contributed by atoms with Gasteiger partial charge in [0.25, 0.3) is 0 Å². The summed E-state index contributed by atoms with van der Waals surface area (Å²) >= 11 is 6.50. The molecule has 0 saturated carbocycles. The average Bonchev–Trinajstić information content (AvgIpc) is 3.05. The molecule has 0 bridgehead atoms. The third kappa shape index (κ3) is 8.73. The number of aromatic nitrogens is 2.